The molecule has 60 valence electrons. The monoisotopic (exact) mass is 156 g/mol. The summed E-state index contributed by atoms with van der Waals surface area (Å²) in [5.41, 5.74) is 3.30. The molecule has 0 saturated heterocycles. The SMILES string of the molecule is C1C2C1C21C2C1C21C2CC3CC321. The van der Waals surface area contributed by atoms with Gasteiger partial charge in [-0.15, -0.1) is 0 Å². The zero-order valence-corrected chi connectivity index (χ0v) is 7.09. The summed E-state index contributed by atoms with van der Waals surface area (Å²) in [5.74, 6) is 7.93. The molecule has 7 saturated carbocycles. The van der Waals surface area contributed by atoms with Crippen molar-refractivity contribution in [1.29, 1.82) is 0 Å². The number of fused-ring (bicyclic) bond motifs is 9. The van der Waals surface area contributed by atoms with Crippen molar-refractivity contribution >= 4 is 0 Å². The molecule has 0 radical (unpaired) electrons. The van der Waals surface area contributed by atoms with Crippen LogP contribution in [0.3, 0.4) is 0 Å². The Morgan fingerprint density at radius 3 is 2.17 bits per heavy atom. The number of hydrogen-bond donors (Lipinski definition) is 0. The molecule has 12 heavy (non-hydrogen) atoms. The molecular weight excluding hydrogens is 144 g/mol. The largest absolute Gasteiger partial charge is 0.0459 e. The topological polar surface area (TPSA) is 0 Å². The van der Waals surface area contributed by atoms with E-state index in [2.05, 4.69) is 0 Å². The third-order valence-electron chi connectivity index (χ3n) is 7.78. The smallest absolute Gasteiger partial charge is 0.0127 e. The highest BCUT2D eigenvalue weighted by Gasteiger charge is 3.18. The minimum absolute atomic E-state index is 1.09. The second kappa shape index (κ2) is 0.723. The lowest BCUT2D eigenvalue weighted by atomic mass is 9.89. The quantitative estimate of drug-likeness (QED) is 0.502. The van der Waals surface area contributed by atoms with E-state index in [0.717, 1.165) is 16.2 Å². The molecule has 0 heterocycles. The van der Waals surface area contributed by atoms with Crippen LogP contribution in [0, 0.1) is 51.8 Å². The van der Waals surface area contributed by atoms with Crippen molar-refractivity contribution in [2.75, 3.05) is 0 Å². The van der Waals surface area contributed by atoms with Crippen molar-refractivity contribution in [1.82, 2.24) is 0 Å². The second-order valence-corrected chi connectivity index (χ2v) is 7.07. The van der Waals surface area contributed by atoms with E-state index in [1.165, 1.54) is 35.5 Å². The van der Waals surface area contributed by atoms with Gasteiger partial charge in [0.05, 0.1) is 0 Å². The fraction of sp³-hybridized carbons (Fsp3) is 1.00. The lowest BCUT2D eigenvalue weighted by Crippen LogP contribution is -2.11. The van der Waals surface area contributed by atoms with E-state index < -0.39 is 0 Å². The van der Waals surface area contributed by atoms with Crippen molar-refractivity contribution in [3.05, 3.63) is 0 Å². The first kappa shape index (κ1) is 4.48. The second-order valence-electron chi connectivity index (χ2n) is 7.07. The molecule has 7 rings (SSSR count). The molecule has 0 aromatic heterocycles. The average Bonchev–Trinajstić information content (AvgIpc) is 2.74. The predicted molar refractivity (Wildman–Crippen MR) is 42.1 cm³/mol. The van der Waals surface area contributed by atoms with Crippen molar-refractivity contribution in [3.63, 3.8) is 0 Å². The fourth-order valence-corrected chi connectivity index (χ4v) is 7.36. The lowest BCUT2D eigenvalue weighted by molar-refractivity contribution is 0.316. The highest BCUT2D eigenvalue weighted by molar-refractivity contribution is 5.65. The number of rotatable bonds is 0. The molecule has 7 aliphatic rings. The summed E-state index contributed by atoms with van der Waals surface area (Å²) < 4.78 is 0. The molecule has 0 aromatic carbocycles. The summed E-state index contributed by atoms with van der Waals surface area (Å²) in [7, 11) is 0. The zero-order chi connectivity index (χ0) is 7.09. The van der Waals surface area contributed by atoms with Gasteiger partial charge in [0, 0.05) is 0 Å². The molecule has 0 nitrogen and oxygen atoms in total. The zero-order valence-electron chi connectivity index (χ0n) is 7.09. The summed E-state index contributed by atoms with van der Waals surface area (Å²) in [4.78, 5) is 0. The molecule has 0 amide bonds. The van der Waals surface area contributed by atoms with E-state index in [4.69, 9.17) is 0 Å². The van der Waals surface area contributed by atoms with Crippen LogP contribution in [0.1, 0.15) is 19.3 Å². The lowest BCUT2D eigenvalue weighted by Gasteiger charge is -2.14. The van der Waals surface area contributed by atoms with Crippen LogP contribution >= 0.6 is 0 Å². The van der Waals surface area contributed by atoms with Gasteiger partial charge in [-0.1, -0.05) is 0 Å². The third kappa shape index (κ3) is 0.156. The van der Waals surface area contributed by atoms with Gasteiger partial charge in [0.2, 0.25) is 0 Å². The molecule has 7 fully saturated rings. The van der Waals surface area contributed by atoms with E-state index in [1.807, 2.05) is 0 Å². The Balaban J connectivity index is 1.46. The van der Waals surface area contributed by atoms with Gasteiger partial charge in [-0.25, -0.2) is 0 Å². The fourth-order valence-electron chi connectivity index (χ4n) is 7.36. The first-order valence-electron chi connectivity index (χ1n) is 5.91. The van der Waals surface area contributed by atoms with Crippen LogP contribution in [0.4, 0.5) is 0 Å². The average molecular weight is 156 g/mol. The van der Waals surface area contributed by atoms with Crippen LogP contribution in [0.15, 0.2) is 0 Å². The molecular formula is C12H12. The summed E-state index contributed by atoms with van der Waals surface area (Å²) in [5, 5.41) is 0. The summed E-state index contributed by atoms with van der Waals surface area (Å²) in [6.07, 6.45) is 5.03. The maximum Gasteiger partial charge on any atom is -0.0127 e. The molecule has 7 atom stereocenters. The van der Waals surface area contributed by atoms with Gasteiger partial charge in [0.25, 0.3) is 0 Å². The Labute approximate surface area is 71.7 Å². The third-order valence-corrected chi connectivity index (χ3v) is 7.78. The maximum absolute atomic E-state index is 1.69. The number of hydrogen-bond acceptors (Lipinski definition) is 0. The Morgan fingerprint density at radius 2 is 1.83 bits per heavy atom. The molecule has 3 spiro atoms. The van der Waals surface area contributed by atoms with Gasteiger partial charge in [0.15, 0.2) is 0 Å². The van der Waals surface area contributed by atoms with Gasteiger partial charge < -0.3 is 0 Å². The van der Waals surface area contributed by atoms with E-state index in [-0.39, 0.29) is 0 Å². The van der Waals surface area contributed by atoms with Gasteiger partial charge in [-0.2, -0.15) is 0 Å². The standard InChI is InChI=1S/C12H12/c1-4-3-10(4)7(1)12(10)8-9(12)11(8)5-2-6(5)11/h4-9H,1-3H2. The maximum atomic E-state index is 1.69. The van der Waals surface area contributed by atoms with Crippen LogP contribution in [0.25, 0.3) is 0 Å². The van der Waals surface area contributed by atoms with Gasteiger partial charge in [-0.3, -0.25) is 0 Å². The molecule has 0 aromatic rings. The molecule has 0 aliphatic heterocycles. The van der Waals surface area contributed by atoms with Crippen LogP contribution in [0.2, 0.25) is 0 Å². The van der Waals surface area contributed by atoms with Crippen LogP contribution < -0.4 is 0 Å². The van der Waals surface area contributed by atoms with Crippen LogP contribution in [-0.4, -0.2) is 0 Å². The van der Waals surface area contributed by atoms with Crippen LogP contribution in [-0.2, 0) is 0 Å². The van der Waals surface area contributed by atoms with E-state index in [1.54, 1.807) is 19.3 Å². The van der Waals surface area contributed by atoms with Crippen molar-refractivity contribution in [2.24, 2.45) is 51.8 Å². The van der Waals surface area contributed by atoms with E-state index in [9.17, 15) is 0 Å². The molecule has 7 unspecified atom stereocenters. The molecule has 0 bridgehead atoms. The first-order valence-corrected chi connectivity index (χ1v) is 5.91. The Bertz CT molecular complexity index is 386. The normalized spacial score (nSPS) is 108. The molecule has 0 heteroatoms. The molecule has 0 N–H and O–H groups in total. The summed E-state index contributed by atoms with van der Waals surface area (Å²) >= 11 is 0. The minimum Gasteiger partial charge on any atom is -0.0459 e. The highest BCUT2D eigenvalue weighted by atomic mass is 15.2. The van der Waals surface area contributed by atoms with E-state index in [0.29, 0.717) is 0 Å². The Morgan fingerprint density at radius 1 is 1.00 bits per heavy atom. The van der Waals surface area contributed by atoms with Crippen molar-refractivity contribution < 1.29 is 0 Å². The highest BCUT2D eigenvalue weighted by Crippen LogP contribution is 3.22. The molecule has 7 aliphatic carbocycles. The Hall–Kier alpha value is 0. The summed E-state index contributed by atoms with van der Waals surface area (Å²) in [6, 6.07) is 0. The first-order chi connectivity index (χ1) is 5.91. The van der Waals surface area contributed by atoms with Gasteiger partial charge in [0.1, 0.15) is 0 Å². The van der Waals surface area contributed by atoms with Crippen LogP contribution in [0.5, 0.6) is 0 Å². The van der Waals surface area contributed by atoms with Gasteiger partial charge >= 0.3 is 0 Å². The van der Waals surface area contributed by atoms with E-state index >= 15 is 0 Å². The van der Waals surface area contributed by atoms with Crippen molar-refractivity contribution in [3.8, 4) is 0 Å². The van der Waals surface area contributed by atoms with Crippen molar-refractivity contribution in [2.45, 2.75) is 19.3 Å². The van der Waals surface area contributed by atoms with Gasteiger partial charge in [-0.05, 0) is 71.0 Å². The minimum atomic E-state index is 1.09. The summed E-state index contributed by atoms with van der Waals surface area (Å²) in [6.45, 7) is 0. The predicted octanol–water partition coefficient (Wildman–Crippen LogP) is 1.91. The Kier molecular flexibility index (Phi) is 0.270.